The second-order valence-electron chi connectivity index (χ2n) is 8.13. The molecule has 10 nitrogen and oxygen atoms in total. The van der Waals surface area contributed by atoms with Crippen molar-refractivity contribution >= 4 is 28.1 Å². The van der Waals surface area contributed by atoms with Crippen molar-refractivity contribution in [1.29, 1.82) is 0 Å². The molecule has 0 aliphatic rings. The van der Waals surface area contributed by atoms with Gasteiger partial charge in [0.05, 0.1) is 11.9 Å². The smallest absolute Gasteiger partial charge is 0.454 e. The summed E-state index contributed by atoms with van der Waals surface area (Å²) >= 11 is 0. The van der Waals surface area contributed by atoms with Gasteiger partial charge in [-0.1, -0.05) is 54.6 Å². The summed E-state index contributed by atoms with van der Waals surface area (Å²) in [6.45, 7) is 3.22. The van der Waals surface area contributed by atoms with E-state index in [1.807, 2.05) is 30.3 Å². The topological polar surface area (TPSA) is 129 Å². The van der Waals surface area contributed by atoms with Gasteiger partial charge in [-0.15, -0.1) is 0 Å². The predicted octanol–water partition coefficient (Wildman–Crippen LogP) is 4.43. The summed E-state index contributed by atoms with van der Waals surface area (Å²) in [5.41, 5.74) is 0.832. The van der Waals surface area contributed by atoms with Crippen LogP contribution in [0, 0.1) is 6.92 Å². The molecule has 0 amide bonds. The molecule has 1 N–H and O–H groups in total. The lowest BCUT2D eigenvalue weighted by Gasteiger charge is -2.17. The quantitative estimate of drug-likeness (QED) is 0.324. The minimum Gasteiger partial charge on any atom is -0.454 e. The summed E-state index contributed by atoms with van der Waals surface area (Å²) in [4.78, 5) is 42.7. The van der Waals surface area contributed by atoms with E-state index in [1.165, 1.54) is 11.6 Å². The first-order valence-corrected chi connectivity index (χ1v) is 11.5. The van der Waals surface area contributed by atoms with Crippen molar-refractivity contribution in [3.8, 4) is 11.3 Å². The molecule has 5 aromatic rings. The number of nitrogens with one attached hydrogen (secondary N) is 1. The van der Waals surface area contributed by atoms with Gasteiger partial charge in [-0.3, -0.25) is 9.78 Å². The number of carbonyl (C=O) groups excluding carboxylic acids is 1. The van der Waals surface area contributed by atoms with E-state index in [2.05, 4.69) is 15.4 Å². The first-order valence-electron chi connectivity index (χ1n) is 11.5. The Morgan fingerprint density at radius 3 is 2.51 bits per heavy atom. The van der Waals surface area contributed by atoms with E-state index in [-0.39, 0.29) is 41.6 Å². The van der Waals surface area contributed by atoms with Crippen molar-refractivity contribution in [1.82, 2.24) is 14.8 Å². The van der Waals surface area contributed by atoms with Gasteiger partial charge in [0, 0.05) is 29.1 Å². The van der Waals surface area contributed by atoms with Gasteiger partial charge in [-0.05, 0) is 13.8 Å². The van der Waals surface area contributed by atoms with Gasteiger partial charge in [-0.2, -0.15) is 5.10 Å². The fourth-order valence-corrected chi connectivity index (χ4v) is 3.96. The highest BCUT2D eigenvalue weighted by Gasteiger charge is 2.27. The Kier molecular flexibility index (Phi) is 6.38. The van der Waals surface area contributed by atoms with E-state index >= 15 is 0 Å². The molecule has 0 saturated heterocycles. The average Bonchev–Trinajstić information content (AvgIpc) is 3.25. The number of rotatable bonds is 7. The van der Waals surface area contributed by atoms with Crippen LogP contribution in [0.25, 0.3) is 22.0 Å². The Labute approximate surface area is 210 Å². The number of ether oxygens (including phenoxy) is 1. The Morgan fingerprint density at radius 2 is 1.78 bits per heavy atom. The third kappa shape index (κ3) is 4.64. The molecule has 186 valence electrons. The fourth-order valence-electron chi connectivity index (χ4n) is 3.96. The maximum absolute atomic E-state index is 13.5. The summed E-state index contributed by atoms with van der Waals surface area (Å²) < 4.78 is 16.6. The van der Waals surface area contributed by atoms with Crippen molar-refractivity contribution in [3.63, 3.8) is 0 Å². The number of hydrogen-bond donors (Lipinski definition) is 1. The molecule has 0 bridgehead atoms. The second-order valence-corrected chi connectivity index (χ2v) is 8.13. The zero-order valence-corrected chi connectivity index (χ0v) is 20.1. The van der Waals surface area contributed by atoms with Gasteiger partial charge in [-0.25, -0.2) is 14.3 Å². The van der Waals surface area contributed by atoms with Crippen molar-refractivity contribution in [3.05, 3.63) is 105 Å². The number of hydrogen-bond acceptors (Lipinski definition) is 9. The predicted molar refractivity (Wildman–Crippen MR) is 136 cm³/mol. The van der Waals surface area contributed by atoms with Crippen molar-refractivity contribution in [2.75, 3.05) is 5.32 Å². The minimum absolute atomic E-state index is 0.00998. The van der Waals surface area contributed by atoms with Gasteiger partial charge < -0.3 is 18.9 Å². The van der Waals surface area contributed by atoms with E-state index in [0.29, 0.717) is 11.3 Å². The van der Waals surface area contributed by atoms with Crippen LogP contribution in [-0.2, 0) is 17.9 Å². The van der Waals surface area contributed by atoms with Crippen molar-refractivity contribution in [2.24, 2.45) is 0 Å². The van der Waals surface area contributed by atoms with Gasteiger partial charge >= 0.3 is 11.8 Å². The molecule has 5 rings (SSSR count). The number of pyridine rings is 1. The van der Waals surface area contributed by atoms with E-state index < -0.39 is 17.4 Å². The number of benzene rings is 2. The molecule has 0 spiro atoms. The lowest BCUT2D eigenvalue weighted by molar-refractivity contribution is 0.0444. The largest absolute Gasteiger partial charge is 0.519 e. The molecular weight excluding hydrogens is 476 g/mol. The lowest BCUT2D eigenvalue weighted by Crippen LogP contribution is -2.29. The molecule has 3 heterocycles. The Hall–Kier alpha value is -4.99. The molecule has 0 atom stereocenters. The Balaban J connectivity index is 1.68. The summed E-state index contributed by atoms with van der Waals surface area (Å²) in [6.07, 6.45) is 3.29. The third-order valence-electron chi connectivity index (χ3n) is 5.80. The van der Waals surface area contributed by atoms with Gasteiger partial charge in [0.25, 0.3) is 5.56 Å². The number of aromatic nitrogens is 3. The molecule has 2 aromatic carbocycles. The Morgan fingerprint density at radius 1 is 1.03 bits per heavy atom. The molecule has 0 unspecified atom stereocenters. The van der Waals surface area contributed by atoms with Crippen molar-refractivity contribution < 1.29 is 18.4 Å². The molecule has 37 heavy (non-hydrogen) atoms. The molecule has 0 radical (unpaired) electrons. The number of anilines is 2. The second kappa shape index (κ2) is 9.94. The highest BCUT2D eigenvalue weighted by molar-refractivity contribution is 6.03. The highest BCUT2D eigenvalue weighted by atomic mass is 16.6. The van der Waals surface area contributed by atoms with Gasteiger partial charge in [0.15, 0.2) is 18.1 Å². The molecule has 0 fully saturated rings. The van der Waals surface area contributed by atoms with Crippen LogP contribution in [0.3, 0.4) is 0 Å². The van der Waals surface area contributed by atoms with Crippen LogP contribution in [0.4, 0.5) is 11.4 Å². The van der Waals surface area contributed by atoms with Crippen LogP contribution in [0.15, 0.2) is 85.4 Å². The number of fused-ring (bicyclic) bond motifs is 1. The maximum Gasteiger partial charge on any atom is 0.519 e. The van der Waals surface area contributed by atoms with E-state index in [4.69, 9.17) is 13.6 Å². The van der Waals surface area contributed by atoms with Crippen LogP contribution in [-0.4, -0.2) is 20.7 Å². The van der Waals surface area contributed by atoms with Crippen LogP contribution >= 0.6 is 0 Å². The van der Waals surface area contributed by atoms with Crippen LogP contribution in [0.2, 0.25) is 0 Å². The van der Waals surface area contributed by atoms with E-state index in [9.17, 15) is 14.4 Å². The minimum atomic E-state index is -0.897. The molecular formula is C27H22N4O6. The van der Waals surface area contributed by atoms with Crippen LogP contribution in [0.5, 0.6) is 0 Å². The number of carbonyl (C=O) groups is 1. The van der Waals surface area contributed by atoms with E-state index in [1.54, 1.807) is 43.6 Å². The van der Waals surface area contributed by atoms with E-state index in [0.717, 1.165) is 10.8 Å². The summed E-state index contributed by atoms with van der Waals surface area (Å²) in [7, 11) is 0. The highest BCUT2D eigenvalue weighted by Crippen LogP contribution is 2.30. The lowest BCUT2D eigenvalue weighted by atomic mass is 10.0. The fraction of sp³-hybridized carbons (Fsp3) is 0.148. The summed E-state index contributed by atoms with van der Waals surface area (Å²) in [5.74, 6) is -1.46. The third-order valence-corrected chi connectivity index (χ3v) is 5.80. The maximum atomic E-state index is 13.5. The zero-order chi connectivity index (χ0) is 25.9. The molecule has 10 heteroatoms. The van der Waals surface area contributed by atoms with Gasteiger partial charge in [0.1, 0.15) is 16.9 Å². The number of esters is 1. The van der Waals surface area contributed by atoms with Crippen LogP contribution < -0.4 is 16.7 Å². The summed E-state index contributed by atoms with van der Waals surface area (Å²) in [6, 6.07) is 16.6. The first kappa shape index (κ1) is 23.7. The normalized spacial score (nSPS) is 11.0. The standard InChI is InChI=1S/C27H22N4O6/c1-3-31-25(32)24(29-20-14-28-13-18-11-7-8-12-19(18)20)22(23(30-31)17-9-5-4-6-10-17)26(33)35-15-21-16(2)36-27(34)37-21/h4-14,29H,3,15H2,1-2H3. The first-order chi connectivity index (χ1) is 18.0. The number of nitrogens with zero attached hydrogens (tertiary/aromatic N) is 3. The monoisotopic (exact) mass is 498 g/mol. The molecule has 3 aromatic heterocycles. The average molecular weight is 498 g/mol. The van der Waals surface area contributed by atoms with Gasteiger partial charge in [0.2, 0.25) is 0 Å². The SMILES string of the molecule is CCn1nc(-c2ccccc2)c(C(=O)OCc2oc(=O)oc2C)c(Nc2cncc3ccccc23)c1=O. The zero-order valence-electron chi connectivity index (χ0n) is 20.1. The molecule has 0 aliphatic carbocycles. The molecule has 0 aliphatic heterocycles. The summed E-state index contributed by atoms with van der Waals surface area (Å²) in [5, 5.41) is 9.28. The van der Waals surface area contributed by atoms with Crippen LogP contribution in [0.1, 0.15) is 28.8 Å². The number of aryl methyl sites for hydroxylation is 2. The molecule has 0 saturated carbocycles. The van der Waals surface area contributed by atoms with Crippen molar-refractivity contribution in [2.45, 2.75) is 27.0 Å². The Bertz CT molecular complexity index is 1710.